The Morgan fingerprint density at radius 3 is 2.54 bits per heavy atom. The van der Waals surface area contributed by atoms with Crippen LogP contribution < -0.4 is 10.1 Å². The van der Waals surface area contributed by atoms with Gasteiger partial charge in [0.1, 0.15) is 11.7 Å². The molecule has 24 heavy (non-hydrogen) atoms. The van der Waals surface area contributed by atoms with E-state index in [0.29, 0.717) is 11.6 Å². The molecule has 1 aromatic rings. The van der Waals surface area contributed by atoms with Crippen LogP contribution >= 0.6 is 11.8 Å². The molecule has 1 heterocycles. The van der Waals surface area contributed by atoms with Crippen molar-refractivity contribution in [3.63, 3.8) is 0 Å². The molecule has 0 saturated carbocycles. The van der Waals surface area contributed by atoms with Crippen LogP contribution in [0.1, 0.15) is 38.2 Å². The summed E-state index contributed by atoms with van der Waals surface area (Å²) in [5.41, 5.74) is 0.912. The van der Waals surface area contributed by atoms with E-state index in [9.17, 15) is 9.59 Å². The molecule has 1 atom stereocenters. The van der Waals surface area contributed by atoms with Crippen molar-refractivity contribution in [2.45, 2.75) is 39.0 Å². The van der Waals surface area contributed by atoms with Gasteiger partial charge in [0.2, 0.25) is 5.91 Å². The predicted molar refractivity (Wildman–Crippen MR) is 97.4 cm³/mol. The van der Waals surface area contributed by atoms with Crippen LogP contribution in [0.25, 0.3) is 0 Å². The highest BCUT2D eigenvalue weighted by Crippen LogP contribution is 2.19. The number of benzene rings is 1. The maximum Gasteiger partial charge on any atom is 0.261 e. The molecule has 0 fully saturated rings. The van der Waals surface area contributed by atoms with Crippen molar-refractivity contribution in [1.29, 1.82) is 0 Å². The van der Waals surface area contributed by atoms with E-state index in [-0.39, 0.29) is 11.8 Å². The molecule has 6 heteroatoms. The van der Waals surface area contributed by atoms with Crippen molar-refractivity contribution in [2.75, 3.05) is 12.9 Å². The molecule has 5 nitrogen and oxygen atoms in total. The van der Waals surface area contributed by atoms with E-state index in [0.717, 1.165) is 23.5 Å². The summed E-state index contributed by atoms with van der Waals surface area (Å²) < 4.78 is 5.11. The number of carbonyl (C=O) groups is 2. The zero-order valence-electron chi connectivity index (χ0n) is 14.2. The van der Waals surface area contributed by atoms with Gasteiger partial charge in [-0.3, -0.25) is 9.59 Å². The van der Waals surface area contributed by atoms with Gasteiger partial charge in [-0.1, -0.05) is 50.1 Å². The van der Waals surface area contributed by atoms with E-state index in [4.69, 9.17) is 4.74 Å². The number of aliphatic imine (C=N–C) groups is 1. The number of amidine groups is 1. The summed E-state index contributed by atoms with van der Waals surface area (Å²) in [6, 6.07) is 7.37. The first-order valence-corrected chi connectivity index (χ1v) is 9.31. The number of carbonyl (C=O) groups excluding carboxylic acids is 2. The zero-order chi connectivity index (χ0) is 17.4. The van der Waals surface area contributed by atoms with Crippen molar-refractivity contribution in [3.8, 4) is 5.75 Å². The van der Waals surface area contributed by atoms with Crippen molar-refractivity contribution in [1.82, 2.24) is 5.32 Å². The van der Waals surface area contributed by atoms with Crippen LogP contribution in [-0.2, 0) is 16.0 Å². The van der Waals surface area contributed by atoms with Gasteiger partial charge in [0, 0.05) is 5.75 Å². The van der Waals surface area contributed by atoms with Gasteiger partial charge in [-0.15, -0.1) is 0 Å². The first-order valence-electron chi connectivity index (χ1n) is 8.33. The van der Waals surface area contributed by atoms with E-state index in [1.807, 2.05) is 24.3 Å². The molecular formula is C18H24N2O3S. The van der Waals surface area contributed by atoms with E-state index in [1.54, 1.807) is 7.11 Å². The van der Waals surface area contributed by atoms with Gasteiger partial charge in [-0.2, -0.15) is 4.99 Å². The minimum Gasteiger partial charge on any atom is -0.497 e. The Kier molecular flexibility index (Phi) is 7.31. The number of hydrogen-bond donors (Lipinski definition) is 1. The lowest BCUT2D eigenvalue weighted by Crippen LogP contribution is -2.43. The van der Waals surface area contributed by atoms with Crippen LogP contribution in [0.2, 0.25) is 0 Å². The van der Waals surface area contributed by atoms with Crippen molar-refractivity contribution >= 4 is 28.7 Å². The summed E-state index contributed by atoms with van der Waals surface area (Å²) in [4.78, 5) is 28.5. The highest BCUT2D eigenvalue weighted by Gasteiger charge is 2.32. The monoisotopic (exact) mass is 348 g/mol. The highest BCUT2D eigenvalue weighted by atomic mass is 32.2. The molecular weight excluding hydrogens is 324 g/mol. The third-order valence-electron chi connectivity index (χ3n) is 3.89. The number of nitrogens with one attached hydrogen (secondary N) is 1. The van der Waals surface area contributed by atoms with Gasteiger partial charge < -0.3 is 10.1 Å². The molecule has 1 N–H and O–H groups in total. The van der Waals surface area contributed by atoms with Gasteiger partial charge in [-0.25, -0.2) is 0 Å². The largest absolute Gasteiger partial charge is 0.497 e. The molecule has 1 unspecified atom stereocenters. The fraction of sp³-hybridized carbons (Fsp3) is 0.500. The number of rotatable bonds is 8. The molecule has 0 aromatic heterocycles. The minimum absolute atomic E-state index is 0.262. The SMILES string of the molecule is CCCCCCSC1=NC(=O)C(Cc2ccc(OC)cc2)C(=O)N1. The molecule has 1 aliphatic rings. The first kappa shape index (κ1) is 18.5. The fourth-order valence-corrected chi connectivity index (χ4v) is 3.32. The second kappa shape index (κ2) is 9.47. The van der Waals surface area contributed by atoms with Gasteiger partial charge in [-0.05, 0) is 30.5 Å². The predicted octanol–water partition coefficient (Wildman–Crippen LogP) is 3.18. The van der Waals surface area contributed by atoms with Gasteiger partial charge in [0.25, 0.3) is 5.91 Å². The lowest BCUT2D eigenvalue weighted by Gasteiger charge is -2.19. The highest BCUT2D eigenvalue weighted by molar-refractivity contribution is 8.13. The fourth-order valence-electron chi connectivity index (χ4n) is 2.45. The van der Waals surface area contributed by atoms with Gasteiger partial charge in [0.05, 0.1) is 7.11 Å². The Morgan fingerprint density at radius 2 is 1.92 bits per heavy atom. The summed E-state index contributed by atoms with van der Waals surface area (Å²) in [6.07, 6.45) is 4.98. The van der Waals surface area contributed by atoms with E-state index in [1.165, 1.54) is 31.0 Å². The van der Waals surface area contributed by atoms with E-state index >= 15 is 0 Å². The van der Waals surface area contributed by atoms with E-state index in [2.05, 4.69) is 17.2 Å². The topological polar surface area (TPSA) is 67.8 Å². The average Bonchev–Trinajstić information content (AvgIpc) is 2.58. The van der Waals surface area contributed by atoms with Crippen molar-refractivity contribution in [3.05, 3.63) is 29.8 Å². The number of amides is 2. The number of unbranched alkanes of at least 4 members (excludes halogenated alkanes) is 3. The molecule has 0 spiro atoms. The Balaban J connectivity index is 1.89. The summed E-state index contributed by atoms with van der Waals surface area (Å²) in [7, 11) is 1.60. The van der Waals surface area contributed by atoms with Gasteiger partial charge in [0.15, 0.2) is 5.17 Å². The normalized spacial score (nSPS) is 17.4. The summed E-state index contributed by atoms with van der Waals surface area (Å²) in [5, 5.41) is 3.20. The molecule has 2 amide bonds. The second-order valence-corrected chi connectivity index (χ2v) is 6.84. The average molecular weight is 348 g/mol. The summed E-state index contributed by atoms with van der Waals surface area (Å²) in [6.45, 7) is 2.17. The first-order chi connectivity index (χ1) is 11.6. The van der Waals surface area contributed by atoms with Gasteiger partial charge >= 0.3 is 0 Å². The van der Waals surface area contributed by atoms with E-state index < -0.39 is 5.92 Å². The maximum absolute atomic E-state index is 12.2. The number of ether oxygens (including phenoxy) is 1. The molecule has 1 aliphatic heterocycles. The number of hydrogen-bond acceptors (Lipinski definition) is 4. The Bertz CT molecular complexity index is 599. The van der Waals surface area contributed by atoms with Crippen LogP contribution in [0, 0.1) is 5.92 Å². The third kappa shape index (κ3) is 5.37. The molecule has 0 radical (unpaired) electrons. The lowest BCUT2D eigenvalue weighted by molar-refractivity contribution is -0.133. The van der Waals surface area contributed by atoms with Crippen molar-refractivity contribution in [2.24, 2.45) is 10.9 Å². The number of methoxy groups -OCH3 is 1. The molecule has 0 saturated heterocycles. The molecule has 130 valence electrons. The van der Waals surface area contributed by atoms with Crippen LogP contribution in [-0.4, -0.2) is 29.8 Å². The molecule has 0 aliphatic carbocycles. The third-order valence-corrected chi connectivity index (χ3v) is 4.85. The Morgan fingerprint density at radius 1 is 1.17 bits per heavy atom. The van der Waals surface area contributed by atoms with Crippen LogP contribution in [0.5, 0.6) is 5.75 Å². The number of thioether (sulfide) groups is 1. The molecule has 2 rings (SSSR count). The van der Waals surface area contributed by atoms with Crippen LogP contribution in [0.3, 0.4) is 0 Å². The maximum atomic E-state index is 12.2. The van der Waals surface area contributed by atoms with Crippen LogP contribution in [0.15, 0.2) is 29.3 Å². The number of nitrogens with zero attached hydrogens (tertiary/aromatic N) is 1. The zero-order valence-corrected chi connectivity index (χ0v) is 15.0. The molecule has 0 bridgehead atoms. The smallest absolute Gasteiger partial charge is 0.261 e. The van der Waals surface area contributed by atoms with Crippen molar-refractivity contribution < 1.29 is 14.3 Å². The Labute approximate surface area is 147 Å². The minimum atomic E-state index is -0.747. The summed E-state index contributed by atoms with van der Waals surface area (Å²) in [5.74, 6) is 0.253. The lowest BCUT2D eigenvalue weighted by atomic mass is 9.97. The second-order valence-electron chi connectivity index (χ2n) is 5.76. The Hall–Kier alpha value is -1.82. The summed E-state index contributed by atoms with van der Waals surface area (Å²) >= 11 is 1.45. The van der Waals surface area contributed by atoms with Crippen LogP contribution in [0.4, 0.5) is 0 Å². The standard InChI is InChI=1S/C18H24N2O3S/c1-3-4-5-6-11-24-18-19-16(21)15(17(22)20-18)12-13-7-9-14(23-2)10-8-13/h7-10,15H,3-6,11-12H2,1-2H3,(H,19,20,21,22). The quantitative estimate of drug-likeness (QED) is 0.579. The molecule has 1 aromatic carbocycles.